The van der Waals surface area contributed by atoms with Gasteiger partial charge in [-0.1, -0.05) is 42.5 Å². The van der Waals surface area contributed by atoms with Crippen LogP contribution in [-0.4, -0.2) is 15.7 Å². The Kier molecular flexibility index (Phi) is 5.55. The van der Waals surface area contributed by atoms with Gasteiger partial charge < -0.3 is 5.32 Å². The summed E-state index contributed by atoms with van der Waals surface area (Å²) in [4.78, 5) is 13.7. The minimum Gasteiger partial charge on any atom is -0.321 e. The maximum absolute atomic E-state index is 12.7. The van der Waals surface area contributed by atoms with E-state index in [4.69, 9.17) is 5.10 Å². The molecule has 4 rings (SSSR count). The molecule has 6 heteroatoms. The average molecular weight is 411 g/mol. The largest absolute Gasteiger partial charge is 0.321 e. The highest BCUT2D eigenvalue weighted by Gasteiger charge is 2.16. The first kappa shape index (κ1) is 19.4. The van der Waals surface area contributed by atoms with E-state index in [1.54, 1.807) is 22.1 Å². The third kappa shape index (κ3) is 4.07. The third-order valence-electron chi connectivity index (χ3n) is 4.58. The second-order valence-corrected chi connectivity index (χ2v) is 7.58. The summed E-state index contributed by atoms with van der Waals surface area (Å²) in [7, 11) is 0. The fraction of sp³-hybridized carbons (Fsp3) is 0.0417. The van der Waals surface area contributed by atoms with Gasteiger partial charge in [0.1, 0.15) is 17.3 Å². The van der Waals surface area contributed by atoms with Gasteiger partial charge >= 0.3 is 0 Å². The first-order valence-electron chi connectivity index (χ1n) is 9.33. The molecule has 1 amide bonds. The van der Waals surface area contributed by atoms with Crippen molar-refractivity contribution in [2.24, 2.45) is 0 Å². The lowest BCUT2D eigenvalue weighted by Gasteiger charge is -2.07. The normalized spacial score (nSPS) is 11.1. The molecule has 0 aliphatic rings. The Morgan fingerprint density at radius 1 is 1.10 bits per heavy atom. The Morgan fingerprint density at radius 3 is 2.57 bits per heavy atom. The number of aryl methyl sites for hydroxylation is 1. The van der Waals surface area contributed by atoms with Gasteiger partial charge in [0.05, 0.1) is 10.6 Å². The summed E-state index contributed by atoms with van der Waals surface area (Å²) in [6.45, 7) is 1.91. The van der Waals surface area contributed by atoms with E-state index in [9.17, 15) is 10.1 Å². The van der Waals surface area contributed by atoms with Crippen LogP contribution in [0, 0.1) is 18.3 Å². The number of nitrogens with zero attached hydrogens (tertiary/aromatic N) is 3. The molecule has 0 aliphatic heterocycles. The Labute approximate surface area is 178 Å². The summed E-state index contributed by atoms with van der Waals surface area (Å²) in [6.07, 6.45) is 3.43. The number of carbonyl (C=O) groups excluding carboxylic acids is 1. The van der Waals surface area contributed by atoms with Crippen molar-refractivity contribution in [1.82, 2.24) is 9.78 Å². The molecule has 146 valence electrons. The number of rotatable bonds is 5. The first-order valence-corrected chi connectivity index (χ1v) is 10.2. The predicted molar refractivity (Wildman–Crippen MR) is 120 cm³/mol. The van der Waals surface area contributed by atoms with Crippen molar-refractivity contribution in [2.75, 3.05) is 5.32 Å². The number of hydrogen-bond acceptors (Lipinski definition) is 4. The minimum absolute atomic E-state index is 0.0173. The molecule has 30 heavy (non-hydrogen) atoms. The maximum atomic E-state index is 12.7. The van der Waals surface area contributed by atoms with Crippen LogP contribution in [-0.2, 0) is 4.79 Å². The molecular formula is C24H18N4OS. The molecule has 0 fully saturated rings. The van der Waals surface area contributed by atoms with Gasteiger partial charge in [-0.2, -0.15) is 10.4 Å². The number of benzene rings is 2. The van der Waals surface area contributed by atoms with Crippen LogP contribution in [0.15, 0.2) is 83.9 Å². The summed E-state index contributed by atoms with van der Waals surface area (Å²) < 4.78 is 1.76. The SMILES string of the molecule is Cc1ccccc1NC(=O)/C(C#N)=C/c1cn(-c2ccccc2)nc1-c1cccs1. The van der Waals surface area contributed by atoms with E-state index >= 15 is 0 Å². The van der Waals surface area contributed by atoms with Crippen LogP contribution in [0.25, 0.3) is 22.3 Å². The lowest BCUT2D eigenvalue weighted by molar-refractivity contribution is -0.112. The van der Waals surface area contributed by atoms with Crippen LogP contribution in [0.5, 0.6) is 0 Å². The van der Waals surface area contributed by atoms with Crippen LogP contribution in [0.3, 0.4) is 0 Å². The number of anilines is 1. The van der Waals surface area contributed by atoms with Crippen molar-refractivity contribution in [3.63, 3.8) is 0 Å². The fourth-order valence-corrected chi connectivity index (χ4v) is 3.75. The number of para-hydroxylation sites is 2. The van der Waals surface area contributed by atoms with Crippen LogP contribution in [0.2, 0.25) is 0 Å². The maximum Gasteiger partial charge on any atom is 0.266 e. The zero-order valence-electron chi connectivity index (χ0n) is 16.2. The highest BCUT2D eigenvalue weighted by molar-refractivity contribution is 7.13. The number of thiophene rings is 1. The number of amides is 1. The average Bonchev–Trinajstić information content (AvgIpc) is 3.44. The quantitative estimate of drug-likeness (QED) is 0.351. The monoisotopic (exact) mass is 410 g/mol. The smallest absolute Gasteiger partial charge is 0.266 e. The third-order valence-corrected chi connectivity index (χ3v) is 5.45. The molecule has 2 heterocycles. The van der Waals surface area contributed by atoms with Crippen molar-refractivity contribution < 1.29 is 4.79 Å². The number of nitriles is 1. The minimum atomic E-state index is -0.448. The Balaban J connectivity index is 1.73. The zero-order valence-corrected chi connectivity index (χ0v) is 17.1. The number of carbonyl (C=O) groups is 1. The fourth-order valence-electron chi connectivity index (χ4n) is 3.02. The molecule has 2 aromatic heterocycles. The lowest BCUT2D eigenvalue weighted by atomic mass is 10.1. The molecule has 0 radical (unpaired) electrons. The number of aromatic nitrogens is 2. The highest BCUT2D eigenvalue weighted by atomic mass is 32.1. The molecule has 0 atom stereocenters. The van der Waals surface area contributed by atoms with E-state index in [1.165, 1.54) is 0 Å². The molecule has 0 bridgehead atoms. The van der Waals surface area contributed by atoms with E-state index in [0.717, 1.165) is 21.8 Å². The Morgan fingerprint density at radius 2 is 1.87 bits per heavy atom. The molecule has 0 spiro atoms. The van der Waals surface area contributed by atoms with Crippen LogP contribution in [0.4, 0.5) is 5.69 Å². The molecular weight excluding hydrogens is 392 g/mol. The Bertz CT molecular complexity index is 1250. The second-order valence-electron chi connectivity index (χ2n) is 6.63. The summed E-state index contributed by atoms with van der Waals surface area (Å²) >= 11 is 1.56. The summed E-state index contributed by atoms with van der Waals surface area (Å²) in [5.74, 6) is -0.448. The van der Waals surface area contributed by atoms with Gasteiger partial charge in [0.2, 0.25) is 0 Å². The van der Waals surface area contributed by atoms with Gasteiger partial charge in [-0.3, -0.25) is 4.79 Å². The van der Waals surface area contributed by atoms with E-state index < -0.39 is 5.91 Å². The predicted octanol–water partition coefficient (Wildman–Crippen LogP) is 5.45. The van der Waals surface area contributed by atoms with Gasteiger partial charge in [0.25, 0.3) is 5.91 Å². The van der Waals surface area contributed by atoms with Crippen molar-refractivity contribution in [2.45, 2.75) is 6.92 Å². The molecule has 0 saturated heterocycles. The topological polar surface area (TPSA) is 70.7 Å². The zero-order chi connectivity index (χ0) is 20.9. The van der Waals surface area contributed by atoms with Crippen LogP contribution >= 0.6 is 11.3 Å². The van der Waals surface area contributed by atoms with E-state index in [0.29, 0.717) is 11.3 Å². The van der Waals surface area contributed by atoms with Gasteiger partial charge in [-0.05, 0) is 48.2 Å². The molecule has 1 N–H and O–H groups in total. The first-order chi connectivity index (χ1) is 14.7. The van der Waals surface area contributed by atoms with Crippen molar-refractivity contribution in [1.29, 1.82) is 5.26 Å². The Hall–Kier alpha value is -3.95. The standard InChI is InChI=1S/C24H18N4OS/c1-17-8-5-6-11-21(17)26-24(29)18(15-25)14-19-16-28(20-9-3-2-4-10-20)27-23(19)22-12-7-13-30-22/h2-14,16H,1H3,(H,26,29)/b18-14+. The van der Waals surface area contributed by atoms with Crippen LogP contribution < -0.4 is 5.32 Å². The highest BCUT2D eigenvalue weighted by Crippen LogP contribution is 2.29. The second kappa shape index (κ2) is 8.60. The summed E-state index contributed by atoms with van der Waals surface area (Å²) in [5, 5.41) is 19.1. The van der Waals surface area contributed by atoms with Gasteiger partial charge in [0, 0.05) is 17.4 Å². The lowest BCUT2D eigenvalue weighted by Crippen LogP contribution is -2.14. The van der Waals surface area contributed by atoms with E-state index in [-0.39, 0.29) is 5.57 Å². The van der Waals surface area contributed by atoms with Crippen LogP contribution in [0.1, 0.15) is 11.1 Å². The van der Waals surface area contributed by atoms with Crippen molar-refractivity contribution in [3.8, 4) is 22.3 Å². The number of nitrogens with one attached hydrogen (secondary N) is 1. The summed E-state index contributed by atoms with van der Waals surface area (Å²) in [5.41, 5.74) is 3.96. The molecule has 4 aromatic rings. The van der Waals surface area contributed by atoms with Crippen molar-refractivity contribution in [3.05, 3.63) is 95.0 Å². The van der Waals surface area contributed by atoms with Crippen molar-refractivity contribution >= 4 is 29.0 Å². The van der Waals surface area contributed by atoms with Gasteiger partial charge in [-0.15, -0.1) is 11.3 Å². The van der Waals surface area contributed by atoms with E-state index in [1.807, 2.05) is 91.3 Å². The molecule has 0 aliphatic carbocycles. The molecule has 2 aromatic carbocycles. The summed E-state index contributed by atoms with van der Waals surface area (Å²) in [6, 6.07) is 23.1. The molecule has 0 unspecified atom stereocenters. The van der Waals surface area contributed by atoms with E-state index in [2.05, 4.69) is 5.32 Å². The molecule has 0 saturated carbocycles. The van der Waals surface area contributed by atoms with Gasteiger partial charge in [0.15, 0.2) is 0 Å². The molecule has 5 nitrogen and oxygen atoms in total. The van der Waals surface area contributed by atoms with Gasteiger partial charge in [-0.25, -0.2) is 4.68 Å². The number of hydrogen-bond donors (Lipinski definition) is 1.